The zero-order valence-corrected chi connectivity index (χ0v) is 11.6. The lowest BCUT2D eigenvalue weighted by Crippen LogP contribution is -2.36. The Balaban J connectivity index is 2.06. The van der Waals surface area contributed by atoms with Gasteiger partial charge in [-0.25, -0.2) is 0 Å². The number of aliphatic hydroxyl groups excluding tert-OH is 1. The van der Waals surface area contributed by atoms with Crippen LogP contribution in [0.2, 0.25) is 0 Å². The van der Waals surface area contributed by atoms with Crippen molar-refractivity contribution in [2.24, 2.45) is 0 Å². The van der Waals surface area contributed by atoms with Gasteiger partial charge in [0.15, 0.2) is 0 Å². The molecule has 1 aliphatic heterocycles. The molecule has 1 aromatic carbocycles. The maximum absolute atomic E-state index is 11.9. The second kappa shape index (κ2) is 6.52. The summed E-state index contributed by atoms with van der Waals surface area (Å²) in [4.78, 5) is 25.4. The van der Waals surface area contributed by atoms with Gasteiger partial charge in [-0.3, -0.25) is 9.59 Å². The van der Waals surface area contributed by atoms with Crippen LogP contribution in [-0.2, 0) is 4.79 Å². The maximum atomic E-state index is 11.9. The Labute approximate surface area is 118 Å². The number of anilines is 1. The molecule has 1 heterocycles. The first-order chi connectivity index (χ1) is 9.61. The second-order valence-corrected chi connectivity index (χ2v) is 5.11. The molecule has 1 aliphatic rings. The molecule has 5 nitrogen and oxygen atoms in total. The molecule has 1 aromatic rings. The Morgan fingerprint density at radius 3 is 2.65 bits per heavy atom. The predicted octanol–water partition coefficient (Wildman–Crippen LogP) is 1.31. The minimum atomic E-state index is -0.272. The van der Waals surface area contributed by atoms with Crippen LogP contribution in [0.15, 0.2) is 24.3 Å². The number of hydrogen-bond acceptors (Lipinski definition) is 3. The largest absolute Gasteiger partial charge is 0.394 e. The fourth-order valence-electron chi connectivity index (χ4n) is 2.22. The Kier molecular flexibility index (Phi) is 4.74. The molecule has 0 saturated carbocycles. The van der Waals surface area contributed by atoms with E-state index in [1.54, 1.807) is 36.1 Å². The minimum absolute atomic E-state index is 0.0912. The SMILES string of the molecule is CC(CO)NC(=O)c1ccc(N2CCCCC2=O)cc1. The zero-order valence-electron chi connectivity index (χ0n) is 11.6. The van der Waals surface area contributed by atoms with E-state index in [0.29, 0.717) is 12.0 Å². The number of amides is 2. The van der Waals surface area contributed by atoms with Crippen molar-refractivity contribution in [3.63, 3.8) is 0 Å². The minimum Gasteiger partial charge on any atom is -0.394 e. The molecule has 1 unspecified atom stereocenters. The Morgan fingerprint density at radius 1 is 1.35 bits per heavy atom. The van der Waals surface area contributed by atoms with Crippen LogP contribution < -0.4 is 10.2 Å². The highest BCUT2D eigenvalue weighted by Gasteiger charge is 2.19. The van der Waals surface area contributed by atoms with E-state index >= 15 is 0 Å². The molecule has 0 spiro atoms. The molecule has 0 radical (unpaired) electrons. The Bertz CT molecular complexity index is 484. The zero-order chi connectivity index (χ0) is 14.5. The molecule has 1 saturated heterocycles. The van der Waals surface area contributed by atoms with Gasteiger partial charge in [-0.15, -0.1) is 0 Å². The van der Waals surface area contributed by atoms with Gasteiger partial charge in [-0.1, -0.05) is 0 Å². The number of benzene rings is 1. The van der Waals surface area contributed by atoms with E-state index in [9.17, 15) is 9.59 Å². The van der Waals surface area contributed by atoms with E-state index in [1.165, 1.54) is 0 Å². The van der Waals surface area contributed by atoms with Gasteiger partial charge in [0.1, 0.15) is 0 Å². The summed E-state index contributed by atoms with van der Waals surface area (Å²) in [6, 6.07) is 6.72. The first kappa shape index (κ1) is 14.5. The molecule has 2 amide bonds. The Morgan fingerprint density at radius 2 is 2.05 bits per heavy atom. The summed E-state index contributed by atoms with van der Waals surface area (Å²) >= 11 is 0. The molecular formula is C15H20N2O3. The smallest absolute Gasteiger partial charge is 0.251 e. The topological polar surface area (TPSA) is 69.6 Å². The van der Waals surface area contributed by atoms with Gasteiger partial charge < -0.3 is 15.3 Å². The second-order valence-electron chi connectivity index (χ2n) is 5.11. The molecule has 108 valence electrons. The van der Waals surface area contributed by atoms with Crippen LogP contribution in [0.25, 0.3) is 0 Å². The molecular weight excluding hydrogens is 256 g/mol. The van der Waals surface area contributed by atoms with Crippen molar-refractivity contribution in [2.45, 2.75) is 32.2 Å². The van der Waals surface area contributed by atoms with Crippen LogP contribution in [0.4, 0.5) is 5.69 Å². The van der Waals surface area contributed by atoms with E-state index in [0.717, 1.165) is 25.1 Å². The molecule has 1 atom stereocenters. The number of aliphatic hydroxyl groups is 1. The summed E-state index contributed by atoms with van der Waals surface area (Å²) in [5.74, 6) is -0.0783. The number of hydrogen-bond donors (Lipinski definition) is 2. The van der Waals surface area contributed by atoms with Gasteiger partial charge in [0.2, 0.25) is 5.91 Å². The Hall–Kier alpha value is -1.88. The van der Waals surface area contributed by atoms with E-state index in [2.05, 4.69) is 5.32 Å². The first-order valence-corrected chi connectivity index (χ1v) is 6.94. The van der Waals surface area contributed by atoms with Crippen LogP contribution in [0.1, 0.15) is 36.5 Å². The summed E-state index contributed by atoms with van der Waals surface area (Å²) in [6.45, 7) is 2.39. The van der Waals surface area contributed by atoms with E-state index < -0.39 is 0 Å². The fraction of sp³-hybridized carbons (Fsp3) is 0.467. The average molecular weight is 276 g/mol. The third kappa shape index (κ3) is 3.36. The van der Waals surface area contributed by atoms with Crippen molar-refractivity contribution in [2.75, 3.05) is 18.1 Å². The van der Waals surface area contributed by atoms with Gasteiger partial charge in [0.25, 0.3) is 5.91 Å². The number of nitrogens with one attached hydrogen (secondary N) is 1. The monoisotopic (exact) mass is 276 g/mol. The number of rotatable bonds is 4. The number of carbonyl (C=O) groups excluding carboxylic acids is 2. The van der Waals surface area contributed by atoms with E-state index in [4.69, 9.17) is 5.11 Å². The highest BCUT2D eigenvalue weighted by atomic mass is 16.3. The highest BCUT2D eigenvalue weighted by molar-refractivity contribution is 5.97. The van der Waals surface area contributed by atoms with Crippen LogP contribution in [-0.4, -0.2) is 36.1 Å². The molecule has 2 N–H and O–H groups in total. The molecule has 1 fully saturated rings. The summed E-state index contributed by atoms with van der Waals surface area (Å²) in [5, 5.41) is 11.6. The van der Waals surface area contributed by atoms with Gasteiger partial charge in [-0.05, 0) is 44.0 Å². The lowest BCUT2D eigenvalue weighted by Gasteiger charge is -2.26. The average Bonchev–Trinajstić information content (AvgIpc) is 2.47. The summed E-state index contributed by atoms with van der Waals surface area (Å²) in [6.07, 6.45) is 2.56. The standard InChI is InChI=1S/C15H20N2O3/c1-11(10-18)16-15(20)12-5-7-13(8-6-12)17-9-3-2-4-14(17)19/h5-8,11,18H,2-4,9-10H2,1H3,(H,16,20). The van der Waals surface area contributed by atoms with Gasteiger partial charge >= 0.3 is 0 Å². The quantitative estimate of drug-likeness (QED) is 0.871. The van der Waals surface area contributed by atoms with Crippen LogP contribution in [0.3, 0.4) is 0 Å². The van der Waals surface area contributed by atoms with Crippen molar-refractivity contribution >= 4 is 17.5 Å². The van der Waals surface area contributed by atoms with Crippen molar-refractivity contribution in [1.82, 2.24) is 5.32 Å². The van der Waals surface area contributed by atoms with Crippen LogP contribution >= 0.6 is 0 Å². The van der Waals surface area contributed by atoms with Crippen molar-refractivity contribution in [3.05, 3.63) is 29.8 Å². The van der Waals surface area contributed by atoms with Crippen LogP contribution in [0, 0.1) is 0 Å². The normalized spacial score (nSPS) is 16.9. The van der Waals surface area contributed by atoms with Crippen molar-refractivity contribution in [1.29, 1.82) is 0 Å². The molecule has 5 heteroatoms. The van der Waals surface area contributed by atoms with E-state index in [1.807, 2.05) is 0 Å². The molecule has 2 rings (SSSR count). The summed E-state index contributed by atoms with van der Waals surface area (Å²) in [7, 11) is 0. The molecule has 0 aliphatic carbocycles. The summed E-state index contributed by atoms with van der Waals surface area (Å²) in [5.41, 5.74) is 1.36. The third-order valence-electron chi connectivity index (χ3n) is 3.42. The lowest BCUT2D eigenvalue weighted by molar-refractivity contribution is -0.119. The fourth-order valence-corrected chi connectivity index (χ4v) is 2.22. The van der Waals surface area contributed by atoms with Gasteiger partial charge in [0, 0.05) is 30.3 Å². The number of nitrogens with zero attached hydrogens (tertiary/aromatic N) is 1. The summed E-state index contributed by atoms with van der Waals surface area (Å²) < 4.78 is 0. The lowest BCUT2D eigenvalue weighted by atomic mass is 10.1. The first-order valence-electron chi connectivity index (χ1n) is 6.94. The van der Waals surface area contributed by atoms with Crippen molar-refractivity contribution in [3.8, 4) is 0 Å². The third-order valence-corrected chi connectivity index (χ3v) is 3.42. The van der Waals surface area contributed by atoms with E-state index in [-0.39, 0.29) is 24.5 Å². The van der Waals surface area contributed by atoms with Gasteiger partial charge in [-0.2, -0.15) is 0 Å². The maximum Gasteiger partial charge on any atom is 0.251 e. The number of carbonyl (C=O) groups is 2. The highest BCUT2D eigenvalue weighted by Crippen LogP contribution is 2.21. The van der Waals surface area contributed by atoms with Crippen LogP contribution in [0.5, 0.6) is 0 Å². The molecule has 0 aromatic heterocycles. The van der Waals surface area contributed by atoms with Crippen molar-refractivity contribution < 1.29 is 14.7 Å². The molecule has 20 heavy (non-hydrogen) atoms. The van der Waals surface area contributed by atoms with Gasteiger partial charge in [0.05, 0.1) is 6.61 Å². The molecule has 0 bridgehead atoms. The number of piperidine rings is 1. The predicted molar refractivity (Wildman–Crippen MR) is 76.7 cm³/mol.